The SMILES string of the molecule is Cc1noc(C)c1CN1CCN(C(=O)[C@]2(C)CCCNC2)CC1. The van der Waals surface area contributed by atoms with Crippen LogP contribution in [0.3, 0.4) is 0 Å². The van der Waals surface area contributed by atoms with Gasteiger partial charge in [-0.3, -0.25) is 9.69 Å². The molecule has 3 rings (SSSR count). The average molecular weight is 320 g/mol. The van der Waals surface area contributed by atoms with Gasteiger partial charge in [-0.05, 0) is 40.2 Å². The van der Waals surface area contributed by atoms with Gasteiger partial charge in [0.2, 0.25) is 5.91 Å². The van der Waals surface area contributed by atoms with Gasteiger partial charge in [0, 0.05) is 44.8 Å². The molecular formula is C17H28N4O2. The smallest absolute Gasteiger partial charge is 0.229 e. The Morgan fingerprint density at radius 3 is 2.61 bits per heavy atom. The lowest BCUT2D eigenvalue weighted by Gasteiger charge is -2.41. The van der Waals surface area contributed by atoms with Gasteiger partial charge in [0.1, 0.15) is 5.76 Å². The van der Waals surface area contributed by atoms with E-state index in [9.17, 15) is 4.79 Å². The highest BCUT2D eigenvalue weighted by atomic mass is 16.5. The van der Waals surface area contributed by atoms with E-state index in [0.717, 1.165) is 70.1 Å². The number of rotatable bonds is 3. The molecule has 1 atom stereocenters. The highest BCUT2D eigenvalue weighted by molar-refractivity contribution is 5.82. The third-order valence-corrected chi connectivity index (χ3v) is 5.34. The molecular weight excluding hydrogens is 292 g/mol. The maximum atomic E-state index is 12.8. The average Bonchev–Trinajstić information content (AvgIpc) is 2.87. The van der Waals surface area contributed by atoms with Gasteiger partial charge in [0.25, 0.3) is 0 Å². The molecule has 23 heavy (non-hydrogen) atoms. The summed E-state index contributed by atoms with van der Waals surface area (Å²) in [5.74, 6) is 1.23. The molecule has 6 heteroatoms. The summed E-state index contributed by atoms with van der Waals surface area (Å²) < 4.78 is 5.24. The summed E-state index contributed by atoms with van der Waals surface area (Å²) in [5, 5.41) is 7.39. The summed E-state index contributed by atoms with van der Waals surface area (Å²) in [6.45, 7) is 12.2. The number of aryl methyl sites for hydroxylation is 2. The van der Waals surface area contributed by atoms with Crippen LogP contribution in [0.2, 0.25) is 0 Å². The second-order valence-corrected chi connectivity index (χ2v) is 7.21. The maximum Gasteiger partial charge on any atom is 0.229 e. The zero-order valence-corrected chi connectivity index (χ0v) is 14.5. The van der Waals surface area contributed by atoms with E-state index in [1.54, 1.807) is 0 Å². The highest BCUT2D eigenvalue weighted by Crippen LogP contribution is 2.28. The lowest BCUT2D eigenvalue weighted by atomic mass is 9.81. The predicted molar refractivity (Wildman–Crippen MR) is 88.0 cm³/mol. The van der Waals surface area contributed by atoms with Crippen LogP contribution in [0.4, 0.5) is 0 Å². The van der Waals surface area contributed by atoms with Gasteiger partial charge in [0.05, 0.1) is 11.1 Å². The zero-order valence-electron chi connectivity index (χ0n) is 14.5. The quantitative estimate of drug-likeness (QED) is 0.910. The molecule has 128 valence electrons. The molecule has 1 aromatic heterocycles. The third-order valence-electron chi connectivity index (χ3n) is 5.34. The fourth-order valence-corrected chi connectivity index (χ4v) is 3.68. The molecule has 0 radical (unpaired) electrons. The molecule has 0 unspecified atom stereocenters. The summed E-state index contributed by atoms with van der Waals surface area (Å²) in [6.07, 6.45) is 2.09. The number of carbonyl (C=O) groups is 1. The molecule has 0 spiro atoms. The van der Waals surface area contributed by atoms with Crippen molar-refractivity contribution >= 4 is 5.91 Å². The van der Waals surface area contributed by atoms with Gasteiger partial charge >= 0.3 is 0 Å². The van der Waals surface area contributed by atoms with E-state index in [2.05, 4.69) is 27.2 Å². The van der Waals surface area contributed by atoms with E-state index in [4.69, 9.17) is 4.52 Å². The van der Waals surface area contributed by atoms with E-state index in [1.807, 2.05) is 13.8 Å². The first-order chi connectivity index (χ1) is 11.0. The largest absolute Gasteiger partial charge is 0.361 e. The van der Waals surface area contributed by atoms with Crippen LogP contribution in [0.5, 0.6) is 0 Å². The van der Waals surface area contributed by atoms with Crippen LogP contribution in [-0.2, 0) is 11.3 Å². The Hall–Kier alpha value is -1.40. The first-order valence-corrected chi connectivity index (χ1v) is 8.64. The molecule has 0 saturated carbocycles. The Kier molecular flexibility index (Phi) is 4.73. The minimum Gasteiger partial charge on any atom is -0.361 e. The number of hydrogen-bond acceptors (Lipinski definition) is 5. The predicted octanol–water partition coefficient (Wildman–Crippen LogP) is 1.33. The van der Waals surface area contributed by atoms with Crippen molar-refractivity contribution in [1.29, 1.82) is 0 Å². The molecule has 1 aromatic rings. The fourth-order valence-electron chi connectivity index (χ4n) is 3.68. The van der Waals surface area contributed by atoms with Crippen molar-refractivity contribution in [3.8, 4) is 0 Å². The minimum atomic E-state index is -0.220. The van der Waals surface area contributed by atoms with Gasteiger partial charge in [-0.25, -0.2) is 0 Å². The number of piperidine rings is 1. The number of nitrogens with zero attached hydrogens (tertiary/aromatic N) is 3. The fraction of sp³-hybridized carbons (Fsp3) is 0.765. The second kappa shape index (κ2) is 6.61. The molecule has 0 aliphatic carbocycles. The van der Waals surface area contributed by atoms with Crippen molar-refractivity contribution in [2.45, 2.75) is 40.2 Å². The van der Waals surface area contributed by atoms with E-state index in [1.165, 1.54) is 5.56 Å². The summed E-state index contributed by atoms with van der Waals surface area (Å²) >= 11 is 0. The van der Waals surface area contributed by atoms with Crippen LogP contribution in [0.25, 0.3) is 0 Å². The van der Waals surface area contributed by atoms with Crippen LogP contribution in [-0.4, -0.2) is 60.1 Å². The summed E-state index contributed by atoms with van der Waals surface area (Å²) in [4.78, 5) is 17.3. The van der Waals surface area contributed by atoms with Crippen LogP contribution in [0.1, 0.15) is 36.8 Å². The molecule has 1 N–H and O–H groups in total. The number of nitrogens with one attached hydrogen (secondary N) is 1. The van der Waals surface area contributed by atoms with Gasteiger partial charge in [-0.15, -0.1) is 0 Å². The summed E-state index contributed by atoms with van der Waals surface area (Å²) in [5.41, 5.74) is 1.94. The van der Waals surface area contributed by atoms with E-state index >= 15 is 0 Å². The molecule has 3 heterocycles. The third kappa shape index (κ3) is 3.43. The lowest BCUT2D eigenvalue weighted by Crippen LogP contribution is -2.55. The van der Waals surface area contributed by atoms with Crippen LogP contribution in [0.15, 0.2) is 4.52 Å². The summed E-state index contributed by atoms with van der Waals surface area (Å²) in [7, 11) is 0. The van der Waals surface area contributed by atoms with Gasteiger partial charge in [-0.1, -0.05) is 5.16 Å². The Balaban J connectivity index is 1.55. The van der Waals surface area contributed by atoms with Crippen LogP contribution in [0, 0.1) is 19.3 Å². The van der Waals surface area contributed by atoms with Gasteiger partial charge in [-0.2, -0.15) is 0 Å². The van der Waals surface area contributed by atoms with Crippen molar-refractivity contribution in [1.82, 2.24) is 20.3 Å². The zero-order chi connectivity index (χ0) is 16.4. The number of aromatic nitrogens is 1. The summed E-state index contributed by atoms with van der Waals surface area (Å²) in [6, 6.07) is 0. The molecule has 0 aromatic carbocycles. The highest BCUT2D eigenvalue weighted by Gasteiger charge is 2.38. The maximum absolute atomic E-state index is 12.8. The topological polar surface area (TPSA) is 61.6 Å². The van der Waals surface area contributed by atoms with Gasteiger partial charge in [0.15, 0.2) is 0 Å². The lowest BCUT2D eigenvalue weighted by molar-refractivity contribution is -0.144. The molecule has 2 saturated heterocycles. The Morgan fingerprint density at radius 2 is 2.04 bits per heavy atom. The van der Waals surface area contributed by atoms with E-state index in [0.29, 0.717) is 5.91 Å². The van der Waals surface area contributed by atoms with E-state index in [-0.39, 0.29) is 5.41 Å². The Morgan fingerprint density at radius 1 is 1.30 bits per heavy atom. The molecule has 0 bridgehead atoms. The number of piperazine rings is 1. The number of hydrogen-bond donors (Lipinski definition) is 1. The van der Waals surface area contributed by atoms with Crippen molar-refractivity contribution in [2.75, 3.05) is 39.3 Å². The van der Waals surface area contributed by atoms with E-state index < -0.39 is 0 Å². The standard InChI is InChI=1S/C17H28N4O2/c1-13-15(14(2)23-19-13)11-20-7-9-21(10-8-20)16(22)17(3)5-4-6-18-12-17/h18H,4-12H2,1-3H3/t17-/m1/s1. The van der Waals surface area contributed by atoms with Crippen molar-refractivity contribution < 1.29 is 9.32 Å². The molecule has 2 aliphatic heterocycles. The Labute approximate surface area is 138 Å². The minimum absolute atomic E-state index is 0.220. The van der Waals surface area contributed by atoms with Gasteiger partial charge < -0.3 is 14.7 Å². The van der Waals surface area contributed by atoms with Crippen LogP contribution >= 0.6 is 0 Å². The molecule has 2 fully saturated rings. The Bertz CT molecular complexity index is 535. The number of carbonyl (C=O) groups excluding carboxylic acids is 1. The monoisotopic (exact) mass is 320 g/mol. The van der Waals surface area contributed by atoms with Crippen LogP contribution < -0.4 is 5.32 Å². The van der Waals surface area contributed by atoms with Crippen molar-refractivity contribution in [3.05, 3.63) is 17.0 Å². The second-order valence-electron chi connectivity index (χ2n) is 7.21. The van der Waals surface area contributed by atoms with Crippen molar-refractivity contribution in [3.63, 3.8) is 0 Å². The number of amides is 1. The normalized spacial score (nSPS) is 26.5. The molecule has 1 amide bonds. The molecule has 2 aliphatic rings. The van der Waals surface area contributed by atoms with Crippen molar-refractivity contribution in [2.24, 2.45) is 5.41 Å². The first-order valence-electron chi connectivity index (χ1n) is 8.64. The molecule has 6 nitrogen and oxygen atoms in total. The first kappa shape index (κ1) is 16.5.